The van der Waals surface area contributed by atoms with E-state index in [0.717, 1.165) is 24.3 Å². The van der Waals surface area contributed by atoms with Gasteiger partial charge in [-0.15, -0.1) is 13.2 Å². The Kier molecular flexibility index (Phi) is 5.51. The van der Waals surface area contributed by atoms with E-state index in [1.807, 2.05) is 0 Å². The molecule has 0 radical (unpaired) electrons. The number of aromatic amines is 1. The number of hydrogen-bond acceptors (Lipinski definition) is 4. The number of fused-ring (bicyclic) bond motifs is 1. The van der Waals surface area contributed by atoms with Crippen molar-refractivity contribution in [2.45, 2.75) is 19.0 Å². The Morgan fingerprint density at radius 1 is 1.07 bits per heavy atom. The van der Waals surface area contributed by atoms with E-state index < -0.39 is 42.2 Å². The minimum Gasteiger partial charge on any atom is -0.483 e. The molecule has 1 heterocycles. The average molecular weight is 434 g/mol. The molecule has 0 amide bonds. The molecule has 0 saturated carbocycles. The van der Waals surface area contributed by atoms with Gasteiger partial charge in [-0.25, -0.2) is 9.78 Å². The largest absolute Gasteiger partial charge is 0.573 e. The van der Waals surface area contributed by atoms with Gasteiger partial charge in [0.1, 0.15) is 22.9 Å². The molecule has 12 heteroatoms. The first-order valence-corrected chi connectivity index (χ1v) is 8.20. The fourth-order valence-corrected chi connectivity index (χ4v) is 2.62. The van der Waals surface area contributed by atoms with E-state index in [-0.39, 0.29) is 17.5 Å². The normalized spacial score (nSPS) is 12.2. The van der Waals surface area contributed by atoms with Crippen LogP contribution >= 0.6 is 0 Å². The summed E-state index contributed by atoms with van der Waals surface area (Å²) in [4.78, 5) is 18.3. The van der Waals surface area contributed by atoms with Crippen molar-refractivity contribution < 1.29 is 45.7 Å². The molecule has 0 bridgehead atoms. The SMILES string of the molecule is O=C(O)c1cc2[nH]c(Cc3ccc(OC(F)(F)F)cc3)nc2cc1OCC(F)(F)F. The number of benzene rings is 2. The molecule has 0 atom stereocenters. The molecule has 30 heavy (non-hydrogen) atoms. The van der Waals surface area contributed by atoms with Crippen molar-refractivity contribution in [2.24, 2.45) is 0 Å². The van der Waals surface area contributed by atoms with Gasteiger partial charge in [-0.1, -0.05) is 12.1 Å². The lowest BCUT2D eigenvalue weighted by molar-refractivity contribution is -0.274. The van der Waals surface area contributed by atoms with Crippen LogP contribution in [0, 0.1) is 0 Å². The van der Waals surface area contributed by atoms with Crippen LogP contribution in [0.5, 0.6) is 11.5 Å². The van der Waals surface area contributed by atoms with Gasteiger partial charge in [0, 0.05) is 12.5 Å². The zero-order valence-corrected chi connectivity index (χ0v) is 14.8. The van der Waals surface area contributed by atoms with Gasteiger partial charge in [0.25, 0.3) is 0 Å². The second-order valence-corrected chi connectivity index (χ2v) is 6.13. The minimum absolute atomic E-state index is 0.141. The molecular formula is C18H12F6N2O4. The Hall–Kier alpha value is -3.44. The average Bonchev–Trinajstić information content (AvgIpc) is 3.00. The highest BCUT2D eigenvalue weighted by Crippen LogP contribution is 2.28. The number of nitrogens with zero attached hydrogens (tertiary/aromatic N) is 1. The van der Waals surface area contributed by atoms with Gasteiger partial charge in [-0.05, 0) is 23.8 Å². The predicted molar refractivity (Wildman–Crippen MR) is 90.5 cm³/mol. The third-order valence-corrected chi connectivity index (χ3v) is 3.78. The van der Waals surface area contributed by atoms with Crippen molar-refractivity contribution in [1.29, 1.82) is 0 Å². The number of carboxylic acids is 1. The number of halogens is 6. The number of carboxylic acid groups (broad SMARTS) is 1. The van der Waals surface area contributed by atoms with E-state index in [0.29, 0.717) is 11.4 Å². The van der Waals surface area contributed by atoms with Gasteiger partial charge in [0.15, 0.2) is 6.61 Å². The molecule has 0 spiro atoms. The second-order valence-electron chi connectivity index (χ2n) is 6.13. The number of ether oxygens (including phenoxy) is 2. The second kappa shape index (κ2) is 7.76. The highest BCUT2D eigenvalue weighted by Gasteiger charge is 2.31. The monoisotopic (exact) mass is 434 g/mol. The van der Waals surface area contributed by atoms with Crippen molar-refractivity contribution in [3.63, 3.8) is 0 Å². The molecule has 160 valence electrons. The quantitative estimate of drug-likeness (QED) is 0.550. The number of nitrogens with one attached hydrogen (secondary N) is 1. The molecule has 3 aromatic rings. The van der Waals surface area contributed by atoms with Crippen molar-refractivity contribution >= 4 is 17.0 Å². The molecule has 2 N–H and O–H groups in total. The highest BCUT2D eigenvalue weighted by molar-refractivity contribution is 5.95. The Bertz CT molecular complexity index is 1060. The van der Waals surface area contributed by atoms with Crippen LogP contribution in [-0.2, 0) is 6.42 Å². The van der Waals surface area contributed by atoms with Crippen LogP contribution < -0.4 is 9.47 Å². The summed E-state index contributed by atoms with van der Waals surface area (Å²) in [7, 11) is 0. The molecule has 2 aromatic carbocycles. The van der Waals surface area contributed by atoms with Gasteiger partial charge < -0.3 is 19.6 Å². The van der Waals surface area contributed by atoms with Crippen LogP contribution in [-0.4, -0.2) is 40.2 Å². The van der Waals surface area contributed by atoms with Gasteiger partial charge in [-0.2, -0.15) is 13.2 Å². The van der Waals surface area contributed by atoms with Crippen LogP contribution in [0.4, 0.5) is 26.3 Å². The van der Waals surface area contributed by atoms with E-state index in [4.69, 9.17) is 0 Å². The predicted octanol–water partition coefficient (Wildman–Crippen LogP) is 4.69. The summed E-state index contributed by atoms with van der Waals surface area (Å²) < 4.78 is 82.1. The summed E-state index contributed by atoms with van der Waals surface area (Å²) in [6.45, 7) is -1.66. The summed E-state index contributed by atoms with van der Waals surface area (Å²) in [5, 5.41) is 9.22. The molecule has 3 rings (SSSR count). The standard InChI is InChI=1S/C18H12F6N2O4/c19-17(20,21)8-29-14-7-13-12(6-11(14)16(27)28)25-15(26-13)5-9-1-3-10(4-2-9)30-18(22,23)24/h1-4,6-7H,5,8H2,(H,25,26)(H,27,28). The van der Waals surface area contributed by atoms with E-state index >= 15 is 0 Å². The molecule has 1 aromatic heterocycles. The van der Waals surface area contributed by atoms with Crippen molar-refractivity contribution in [1.82, 2.24) is 9.97 Å². The fourth-order valence-electron chi connectivity index (χ4n) is 2.62. The Morgan fingerprint density at radius 3 is 2.30 bits per heavy atom. The van der Waals surface area contributed by atoms with Gasteiger partial charge >= 0.3 is 18.5 Å². The lowest BCUT2D eigenvalue weighted by Crippen LogP contribution is -2.20. The smallest absolute Gasteiger partial charge is 0.483 e. The number of imidazole rings is 1. The Balaban J connectivity index is 1.83. The molecule has 0 aliphatic heterocycles. The van der Waals surface area contributed by atoms with Crippen LogP contribution in [0.2, 0.25) is 0 Å². The van der Waals surface area contributed by atoms with Crippen LogP contribution in [0.1, 0.15) is 21.7 Å². The third kappa shape index (κ3) is 5.55. The molecule has 0 unspecified atom stereocenters. The minimum atomic E-state index is -4.81. The van der Waals surface area contributed by atoms with Crippen LogP contribution in [0.25, 0.3) is 11.0 Å². The summed E-state index contributed by atoms with van der Waals surface area (Å²) in [5.74, 6) is -2.04. The maximum Gasteiger partial charge on any atom is 0.573 e. The summed E-state index contributed by atoms with van der Waals surface area (Å²) in [6.07, 6.45) is -9.32. The number of aromatic nitrogens is 2. The zero-order chi connectivity index (χ0) is 22.1. The molecule has 0 saturated heterocycles. The maximum atomic E-state index is 12.4. The number of rotatable bonds is 6. The molecule has 0 aliphatic carbocycles. The lowest BCUT2D eigenvalue weighted by atomic mass is 10.1. The third-order valence-electron chi connectivity index (χ3n) is 3.78. The first-order valence-electron chi connectivity index (χ1n) is 8.20. The summed E-state index contributed by atoms with van der Waals surface area (Å²) in [6, 6.07) is 7.18. The van der Waals surface area contributed by atoms with Crippen molar-refractivity contribution in [3.8, 4) is 11.5 Å². The maximum absolute atomic E-state index is 12.4. The Labute approximate surface area is 164 Å². The van der Waals surface area contributed by atoms with E-state index in [1.165, 1.54) is 12.1 Å². The van der Waals surface area contributed by atoms with Crippen molar-refractivity contribution in [2.75, 3.05) is 6.61 Å². The van der Waals surface area contributed by atoms with E-state index in [1.54, 1.807) is 0 Å². The number of H-pyrrole nitrogens is 1. The van der Waals surface area contributed by atoms with Gasteiger partial charge in [-0.3, -0.25) is 0 Å². The highest BCUT2D eigenvalue weighted by atomic mass is 19.4. The topological polar surface area (TPSA) is 84.4 Å². The Morgan fingerprint density at radius 2 is 1.73 bits per heavy atom. The zero-order valence-electron chi connectivity index (χ0n) is 14.8. The van der Waals surface area contributed by atoms with Crippen LogP contribution in [0.15, 0.2) is 36.4 Å². The number of carbonyl (C=O) groups is 1. The van der Waals surface area contributed by atoms with E-state index in [9.17, 15) is 36.2 Å². The van der Waals surface area contributed by atoms with Crippen molar-refractivity contribution in [3.05, 3.63) is 53.3 Å². The molecular weight excluding hydrogens is 422 g/mol. The molecule has 0 aliphatic rings. The van der Waals surface area contributed by atoms with Gasteiger partial charge in [0.2, 0.25) is 0 Å². The number of hydrogen-bond donors (Lipinski definition) is 2. The summed E-state index contributed by atoms with van der Waals surface area (Å²) in [5.41, 5.74) is 0.508. The first kappa shape index (κ1) is 21.3. The van der Waals surface area contributed by atoms with Crippen LogP contribution in [0.3, 0.4) is 0 Å². The first-order chi connectivity index (χ1) is 13.9. The summed E-state index contributed by atoms with van der Waals surface area (Å²) >= 11 is 0. The van der Waals surface area contributed by atoms with E-state index in [2.05, 4.69) is 19.4 Å². The number of alkyl halides is 6. The fraction of sp³-hybridized carbons (Fsp3) is 0.222. The lowest BCUT2D eigenvalue weighted by Gasteiger charge is -2.11. The van der Waals surface area contributed by atoms with Gasteiger partial charge in [0.05, 0.1) is 11.0 Å². The molecule has 0 fully saturated rings. The number of aromatic carboxylic acids is 1. The molecule has 6 nitrogen and oxygen atoms in total.